The predicted molar refractivity (Wildman–Crippen MR) is 66.9 cm³/mol. The van der Waals surface area contributed by atoms with Crippen LogP contribution in [0, 0.1) is 5.82 Å². The van der Waals surface area contributed by atoms with Crippen molar-refractivity contribution in [3.05, 3.63) is 65.6 Å². The SMILES string of the molecule is O=S(=O)(/C=C/c1ccccc1F)c1ccncc1. The van der Waals surface area contributed by atoms with Crippen LogP contribution in [0.15, 0.2) is 59.1 Å². The van der Waals surface area contributed by atoms with Gasteiger partial charge < -0.3 is 0 Å². The van der Waals surface area contributed by atoms with Crippen LogP contribution in [0.25, 0.3) is 6.08 Å². The average molecular weight is 263 g/mol. The second-order valence-electron chi connectivity index (χ2n) is 3.55. The van der Waals surface area contributed by atoms with E-state index in [1.165, 1.54) is 42.7 Å². The van der Waals surface area contributed by atoms with E-state index in [2.05, 4.69) is 4.98 Å². The highest BCUT2D eigenvalue weighted by atomic mass is 32.2. The molecule has 5 heteroatoms. The predicted octanol–water partition coefficient (Wildman–Crippen LogP) is 2.67. The third kappa shape index (κ3) is 2.81. The molecule has 0 spiro atoms. The Morgan fingerprint density at radius 1 is 1.06 bits per heavy atom. The molecule has 0 N–H and O–H groups in total. The van der Waals surface area contributed by atoms with Gasteiger partial charge in [-0.1, -0.05) is 18.2 Å². The second-order valence-corrected chi connectivity index (χ2v) is 5.39. The summed E-state index contributed by atoms with van der Waals surface area (Å²) in [6.45, 7) is 0. The molecular formula is C13H10FNO2S. The first-order chi connectivity index (χ1) is 8.59. The highest BCUT2D eigenvalue weighted by Gasteiger charge is 2.09. The van der Waals surface area contributed by atoms with Crippen LogP contribution in [-0.2, 0) is 9.84 Å². The van der Waals surface area contributed by atoms with E-state index in [0.717, 1.165) is 5.41 Å². The lowest BCUT2D eigenvalue weighted by Gasteiger charge is -1.98. The third-order valence-corrected chi connectivity index (χ3v) is 3.73. The molecule has 0 saturated carbocycles. The Morgan fingerprint density at radius 3 is 2.39 bits per heavy atom. The molecule has 3 nitrogen and oxygen atoms in total. The molecule has 0 saturated heterocycles. The van der Waals surface area contributed by atoms with Crippen LogP contribution in [0.3, 0.4) is 0 Å². The van der Waals surface area contributed by atoms with Gasteiger partial charge in [0.1, 0.15) is 5.82 Å². The van der Waals surface area contributed by atoms with Gasteiger partial charge in [-0.05, 0) is 24.3 Å². The Morgan fingerprint density at radius 2 is 1.72 bits per heavy atom. The minimum atomic E-state index is -3.56. The third-order valence-electron chi connectivity index (χ3n) is 2.31. The number of hydrogen-bond acceptors (Lipinski definition) is 3. The summed E-state index contributed by atoms with van der Waals surface area (Å²) in [5.41, 5.74) is 0.232. The van der Waals surface area contributed by atoms with Gasteiger partial charge in [-0.25, -0.2) is 12.8 Å². The molecule has 92 valence electrons. The zero-order chi connectivity index (χ0) is 13.0. The summed E-state index contributed by atoms with van der Waals surface area (Å²) in [5.74, 6) is -0.460. The molecular weight excluding hydrogens is 253 g/mol. The summed E-state index contributed by atoms with van der Waals surface area (Å²) >= 11 is 0. The summed E-state index contributed by atoms with van der Waals surface area (Å²) in [6, 6.07) is 8.75. The lowest BCUT2D eigenvalue weighted by molar-refractivity contribution is 0.604. The Hall–Kier alpha value is -2.01. The van der Waals surface area contributed by atoms with Crippen molar-refractivity contribution in [2.45, 2.75) is 4.90 Å². The van der Waals surface area contributed by atoms with Crippen LogP contribution in [0.5, 0.6) is 0 Å². The van der Waals surface area contributed by atoms with Crippen molar-refractivity contribution >= 4 is 15.9 Å². The molecule has 0 amide bonds. The van der Waals surface area contributed by atoms with E-state index in [4.69, 9.17) is 0 Å². The molecule has 1 heterocycles. The first kappa shape index (κ1) is 12.4. The molecule has 0 aliphatic carbocycles. The number of aromatic nitrogens is 1. The molecule has 0 radical (unpaired) electrons. The van der Waals surface area contributed by atoms with Crippen molar-refractivity contribution in [1.82, 2.24) is 4.98 Å². The molecule has 18 heavy (non-hydrogen) atoms. The monoisotopic (exact) mass is 263 g/mol. The van der Waals surface area contributed by atoms with Gasteiger partial charge in [-0.3, -0.25) is 4.98 Å². The fourth-order valence-electron chi connectivity index (χ4n) is 1.38. The van der Waals surface area contributed by atoms with Gasteiger partial charge in [-0.15, -0.1) is 0 Å². The number of sulfone groups is 1. The molecule has 0 aliphatic rings. The first-order valence-electron chi connectivity index (χ1n) is 5.17. The molecule has 0 atom stereocenters. The van der Waals surface area contributed by atoms with Crippen LogP contribution in [0.1, 0.15) is 5.56 Å². The Labute approximate surface area is 105 Å². The van der Waals surface area contributed by atoms with Crippen LogP contribution in [0.4, 0.5) is 4.39 Å². The number of rotatable bonds is 3. The fraction of sp³-hybridized carbons (Fsp3) is 0. The smallest absolute Gasteiger partial charge is 0.199 e. The summed E-state index contributed by atoms with van der Waals surface area (Å²) in [6.07, 6.45) is 4.03. The Kier molecular flexibility index (Phi) is 3.53. The second kappa shape index (κ2) is 5.10. The van der Waals surface area contributed by atoms with E-state index in [1.54, 1.807) is 12.1 Å². The largest absolute Gasteiger partial charge is 0.265 e. The number of nitrogens with zero attached hydrogens (tertiary/aromatic N) is 1. The number of pyridine rings is 1. The molecule has 0 unspecified atom stereocenters. The minimum Gasteiger partial charge on any atom is -0.265 e. The molecule has 0 aliphatic heterocycles. The van der Waals surface area contributed by atoms with Crippen LogP contribution >= 0.6 is 0 Å². The number of benzene rings is 1. The maximum atomic E-state index is 13.3. The van der Waals surface area contributed by atoms with Crippen molar-refractivity contribution in [2.24, 2.45) is 0 Å². The van der Waals surface area contributed by atoms with Gasteiger partial charge in [0.25, 0.3) is 0 Å². The summed E-state index contributed by atoms with van der Waals surface area (Å²) in [5, 5.41) is 0.987. The van der Waals surface area contributed by atoms with Gasteiger partial charge >= 0.3 is 0 Å². The zero-order valence-corrected chi connectivity index (χ0v) is 10.1. The van der Waals surface area contributed by atoms with Crippen molar-refractivity contribution in [3.63, 3.8) is 0 Å². The van der Waals surface area contributed by atoms with E-state index in [0.29, 0.717) is 0 Å². The Bertz CT molecular complexity index is 666. The quantitative estimate of drug-likeness (QED) is 0.855. The van der Waals surface area contributed by atoms with Crippen molar-refractivity contribution in [1.29, 1.82) is 0 Å². The van der Waals surface area contributed by atoms with Crippen LogP contribution < -0.4 is 0 Å². The van der Waals surface area contributed by atoms with E-state index in [9.17, 15) is 12.8 Å². The molecule has 1 aromatic carbocycles. The van der Waals surface area contributed by atoms with E-state index in [-0.39, 0.29) is 10.5 Å². The van der Waals surface area contributed by atoms with Crippen LogP contribution in [0.2, 0.25) is 0 Å². The van der Waals surface area contributed by atoms with Crippen molar-refractivity contribution in [2.75, 3.05) is 0 Å². The lowest BCUT2D eigenvalue weighted by atomic mass is 10.2. The highest BCUT2D eigenvalue weighted by molar-refractivity contribution is 7.94. The summed E-state index contributed by atoms with van der Waals surface area (Å²) in [7, 11) is -3.56. The first-order valence-corrected chi connectivity index (χ1v) is 6.72. The number of hydrogen-bond donors (Lipinski definition) is 0. The molecule has 0 fully saturated rings. The average Bonchev–Trinajstić information content (AvgIpc) is 2.39. The van der Waals surface area contributed by atoms with Gasteiger partial charge in [0.15, 0.2) is 9.84 Å². The van der Waals surface area contributed by atoms with Crippen molar-refractivity contribution in [3.8, 4) is 0 Å². The lowest BCUT2D eigenvalue weighted by Crippen LogP contribution is -1.96. The minimum absolute atomic E-state index is 0.130. The molecule has 0 bridgehead atoms. The van der Waals surface area contributed by atoms with Gasteiger partial charge in [-0.2, -0.15) is 0 Å². The summed E-state index contributed by atoms with van der Waals surface area (Å²) in [4.78, 5) is 3.87. The molecule has 2 aromatic rings. The van der Waals surface area contributed by atoms with Gasteiger partial charge in [0, 0.05) is 23.4 Å². The molecule has 2 rings (SSSR count). The van der Waals surface area contributed by atoms with Crippen molar-refractivity contribution < 1.29 is 12.8 Å². The van der Waals surface area contributed by atoms with E-state index in [1.807, 2.05) is 0 Å². The Balaban J connectivity index is 2.32. The number of halogens is 1. The fourth-order valence-corrected chi connectivity index (χ4v) is 2.36. The normalized spacial score (nSPS) is 11.8. The standard InChI is InChI=1S/C13H10FNO2S/c14-13-4-2-1-3-11(13)7-10-18(16,17)12-5-8-15-9-6-12/h1-10H/b10-7+. The zero-order valence-electron chi connectivity index (χ0n) is 9.32. The van der Waals surface area contributed by atoms with E-state index < -0.39 is 15.7 Å². The van der Waals surface area contributed by atoms with Gasteiger partial charge in [0.2, 0.25) is 0 Å². The maximum Gasteiger partial charge on any atom is 0.199 e. The molecule has 1 aromatic heterocycles. The highest BCUT2D eigenvalue weighted by Crippen LogP contribution is 2.14. The maximum absolute atomic E-state index is 13.3. The summed E-state index contributed by atoms with van der Waals surface area (Å²) < 4.78 is 37.1. The van der Waals surface area contributed by atoms with Crippen LogP contribution in [-0.4, -0.2) is 13.4 Å². The van der Waals surface area contributed by atoms with Gasteiger partial charge in [0.05, 0.1) is 4.90 Å². The van der Waals surface area contributed by atoms with E-state index >= 15 is 0 Å². The topological polar surface area (TPSA) is 47.0 Å².